The maximum Gasteiger partial charge on any atom is 0.254 e. The summed E-state index contributed by atoms with van der Waals surface area (Å²) in [4.78, 5) is 20.6. The zero-order valence-corrected chi connectivity index (χ0v) is 13.7. The number of hydrogen-bond acceptors (Lipinski definition) is 3. The molecule has 24 heavy (non-hydrogen) atoms. The second-order valence-electron chi connectivity index (χ2n) is 6.38. The molecule has 1 aromatic heterocycles. The molecule has 1 aliphatic heterocycles. The Kier molecular flexibility index (Phi) is 4.62. The molecule has 1 aliphatic rings. The Morgan fingerprint density at radius 2 is 2.00 bits per heavy atom. The molecular weight excluding hydrogens is 314 g/mol. The Hall–Kier alpha value is -2.28. The smallest absolute Gasteiger partial charge is 0.254 e. The molecule has 1 aromatic carbocycles. The molecule has 2 aromatic rings. The van der Waals surface area contributed by atoms with Gasteiger partial charge in [0.2, 0.25) is 0 Å². The van der Waals surface area contributed by atoms with Gasteiger partial charge in [-0.1, -0.05) is 0 Å². The van der Waals surface area contributed by atoms with Crippen molar-refractivity contribution in [2.75, 3.05) is 27.2 Å². The van der Waals surface area contributed by atoms with E-state index in [9.17, 15) is 13.6 Å². The van der Waals surface area contributed by atoms with Gasteiger partial charge in [0, 0.05) is 24.4 Å². The Labute approximate surface area is 139 Å². The quantitative estimate of drug-likeness (QED) is 0.862. The fourth-order valence-corrected chi connectivity index (χ4v) is 3.04. The molecule has 0 N–H and O–H groups in total. The first kappa shape index (κ1) is 16.6. The van der Waals surface area contributed by atoms with Gasteiger partial charge in [-0.3, -0.25) is 4.79 Å². The van der Waals surface area contributed by atoms with E-state index in [4.69, 9.17) is 0 Å². The summed E-state index contributed by atoms with van der Waals surface area (Å²) in [5, 5.41) is 0. The largest absolute Gasteiger partial charge is 0.331 e. The van der Waals surface area contributed by atoms with Crippen molar-refractivity contribution < 1.29 is 13.6 Å². The van der Waals surface area contributed by atoms with Crippen LogP contribution in [0.5, 0.6) is 0 Å². The average molecular weight is 334 g/mol. The van der Waals surface area contributed by atoms with Gasteiger partial charge in [0.15, 0.2) is 0 Å². The van der Waals surface area contributed by atoms with Gasteiger partial charge in [0.05, 0.1) is 24.6 Å². The number of benzene rings is 1. The molecule has 0 saturated carbocycles. The zero-order valence-electron chi connectivity index (χ0n) is 13.7. The van der Waals surface area contributed by atoms with Gasteiger partial charge >= 0.3 is 0 Å². The third-order valence-electron chi connectivity index (χ3n) is 4.23. The third kappa shape index (κ3) is 3.46. The first-order chi connectivity index (χ1) is 11.4. The van der Waals surface area contributed by atoms with Crippen molar-refractivity contribution in [2.45, 2.75) is 19.0 Å². The summed E-state index contributed by atoms with van der Waals surface area (Å²) in [7, 11) is 3.99. The van der Waals surface area contributed by atoms with E-state index >= 15 is 0 Å². The van der Waals surface area contributed by atoms with Crippen molar-refractivity contribution in [3.05, 3.63) is 53.6 Å². The molecule has 0 spiro atoms. The van der Waals surface area contributed by atoms with Crippen LogP contribution < -0.4 is 0 Å². The lowest BCUT2D eigenvalue weighted by Gasteiger charge is -2.35. The number of aromatic nitrogens is 2. The molecule has 0 unspecified atom stereocenters. The number of carbonyl (C=O) groups is 1. The van der Waals surface area contributed by atoms with Gasteiger partial charge < -0.3 is 14.4 Å². The van der Waals surface area contributed by atoms with E-state index in [0.29, 0.717) is 13.1 Å². The van der Waals surface area contributed by atoms with E-state index in [-0.39, 0.29) is 17.5 Å². The molecule has 0 saturated heterocycles. The van der Waals surface area contributed by atoms with Crippen LogP contribution in [0.2, 0.25) is 0 Å². The molecule has 3 rings (SSSR count). The number of fused-ring (bicyclic) bond motifs is 1. The van der Waals surface area contributed by atoms with Gasteiger partial charge in [-0.05, 0) is 39.2 Å². The highest BCUT2D eigenvalue weighted by molar-refractivity contribution is 5.94. The topological polar surface area (TPSA) is 41.4 Å². The molecule has 128 valence electrons. The van der Waals surface area contributed by atoms with E-state index in [0.717, 1.165) is 36.9 Å². The summed E-state index contributed by atoms with van der Waals surface area (Å²) in [6.45, 7) is 1.75. The number of rotatable bonds is 4. The van der Waals surface area contributed by atoms with Crippen molar-refractivity contribution in [1.29, 1.82) is 0 Å². The predicted octanol–water partition coefficient (Wildman–Crippen LogP) is 2.31. The van der Waals surface area contributed by atoms with Crippen molar-refractivity contribution in [1.82, 2.24) is 19.4 Å². The highest BCUT2D eigenvalue weighted by atomic mass is 19.1. The average Bonchev–Trinajstić information content (AvgIpc) is 2.99. The lowest BCUT2D eigenvalue weighted by atomic mass is 10.1. The highest BCUT2D eigenvalue weighted by Gasteiger charge is 2.28. The maximum absolute atomic E-state index is 13.4. The number of carbonyl (C=O) groups excluding carboxylic acids is 1. The Morgan fingerprint density at radius 1 is 1.29 bits per heavy atom. The summed E-state index contributed by atoms with van der Waals surface area (Å²) in [5.41, 5.74) is 0.960. The molecule has 7 heteroatoms. The van der Waals surface area contributed by atoms with Gasteiger partial charge in [0.1, 0.15) is 11.6 Å². The summed E-state index contributed by atoms with van der Waals surface area (Å²) in [6.07, 6.45) is 4.37. The minimum absolute atomic E-state index is 0.0341. The summed E-state index contributed by atoms with van der Waals surface area (Å²) >= 11 is 0. The van der Waals surface area contributed by atoms with E-state index in [1.807, 2.05) is 14.1 Å². The van der Waals surface area contributed by atoms with E-state index in [1.54, 1.807) is 17.4 Å². The van der Waals surface area contributed by atoms with Crippen molar-refractivity contribution in [3.8, 4) is 0 Å². The summed E-state index contributed by atoms with van der Waals surface area (Å²) in [6, 6.07) is 3.02. The predicted molar refractivity (Wildman–Crippen MR) is 85.5 cm³/mol. The number of halogens is 2. The fourth-order valence-electron chi connectivity index (χ4n) is 3.04. The van der Waals surface area contributed by atoms with Gasteiger partial charge in [-0.2, -0.15) is 0 Å². The number of imidazole rings is 1. The van der Waals surface area contributed by atoms with Crippen LogP contribution in [-0.2, 0) is 6.54 Å². The molecule has 1 amide bonds. The van der Waals surface area contributed by atoms with Crippen molar-refractivity contribution in [3.63, 3.8) is 0 Å². The third-order valence-corrected chi connectivity index (χ3v) is 4.23. The van der Waals surface area contributed by atoms with E-state index in [1.165, 1.54) is 0 Å². The molecule has 0 aliphatic carbocycles. The SMILES string of the molecule is CN(C)CC[C@@H]1CN(C(=O)c2cc(F)cc(F)c2)Cc2cncn21. The molecule has 1 atom stereocenters. The maximum atomic E-state index is 13.4. The monoisotopic (exact) mass is 334 g/mol. The second kappa shape index (κ2) is 6.68. The zero-order chi connectivity index (χ0) is 17.3. The minimum Gasteiger partial charge on any atom is -0.331 e. The Morgan fingerprint density at radius 3 is 2.67 bits per heavy atom. The first-order valence-corrected chi connectivity index (χ1v) is 7.85. The van der Waals surface area contributed by atoms with Crippen LogP contribution in [0.1, 0.15) is 28.5 Å². The summed E-state index contributed by atoms with van der Waals surface area (Å²) in [5.74, 6) is -1.86. The van der Waals surface area contributed by atoms with Crippen LogP contribution in [0.3, 0.4) is 0 Å². The highest BCUT2D eigenvalue weighted by Crippen LogP contribution is 2.25. The van der Waals surface area contributed by atoms with Gasteiger partial charge in [-0.25, -0.2) is 13.8 Å². The Balaban J connectivity index is 1.83. The van der Waals surface area contributed by atoms with Crippen LogP contribution in [0.4, 0.5) is 8.78 Å². The van der Waals surface area contributed by atoms with Gasteiger partial charge in [0.25, 0.3) is 5.91 Å². The number of nitrogens with zero attached hydrogens (tertiary/aromatic N) is 4. The molecule has 2 heterocycles. The lowest BCUT2D eigenvalue weighted by Crippen LogP contribution is -2.41. The van der Waals surface area contributed by atoms with Crippen LogP contribution in [0.15, 0.2) is 30.7 Å². The number of hydrogen-bond donors (Lipinski definition) is 0. The summed E-state index contributed by atoms with van der Waals surface area (Å²) < 4.78 is 28.9. The van der Waals surface area contributed by atoms with Crippen LogP contribution in [0.25, 0.3) is 0 Å². The molecule has 0 radical (unpaired) electrons. The van der Waals surface area contributed by atoms with Gasteiger partial charge in [-0.15, -0.1) is 0 Å². The molecular formula is C17H20F2N4O. The first-order valence-electron chi connectivity index (χ1n) is 7.85. The second-order valence-corrected chi connectivity index (χ2v) is 6.38. The van der Waals surface area contributed by atoms with Crippen LogP contribution >= 0.6 is 0 Å². The van der Waals surface area contributed by atoms with E-state index in [2.05, 4.69) is 14.5 Å². The number of amides is 1. The standard InChI is InChI=1S/C17H20F2N4O/c1-21(2)4-3-15-9-22(10-16-8-20-11-23(15)16)17(24)12-5-13(18)7-14(19)6-12/h5-8,11,15H,3-4,9-10H2,1-2H3/t15-/m1/s1. The van der Waals surface area contributed by atoms with Crippen LogP contribution in [-0.4, -0.2) is 52.4 Å². The van der Waals surface area contributed by atoms with Crippen molar-refractivity contribution in [2.24, 2.45) is 0 Å². The van der Waals surface area contributed by atoms with Crippen molar-refractivity contribution >= 4 is 5.91 Å². The molecule has 0 fully saturated rings. The lowest BCUT2D eigenvalue weighted by molar-refractivity contribution is 0.0669. The Bertz CT molecular complexity index is 724. The minimum atomic E-state index is -0.746. The normalized spacial score (nSPS) is 17.2. The van der Waals surface area contributed by atoms with Crippen LogP contribution in [0, 0.1) is 11.6 Å². The van der Waals surface area contributed by atoms with E-state index < -0.39 is 11.6 Å². The molecule has 0 bridgehead atoms. The molecule has 5 nitrogen and oxygen atoms in total. The fraction of sp³-hybridized carbons (Fsp3) is 0.412.